The molecular weight excluding hydrogens is 192 g/mol. The number of benzene rings is 1. The molecule has 0 saturated carbocycles. The number of rotatable bonds is 2. The van der Waals surface area contributed by atoms with E-state index in [4.69, 9.17) is 10.00 Å². The summed E-state index contributed by atoms with van der Waals surface area (Å²) < 4.78 is 5.03. The molecule has 1 aromatic carbocycles. The predicted octanol–water partition coefficient (Wildman–Crippen LogP) is 1.93. The number of nitriles is 1. The number of anilines is 1. The molecule has 2 rings (SSSR count). The van der Waals surface area contributed by atoms with Gasteiger partial charge in [0.05, 0.1) is 19.0 Å². The van der Waals surface area contributed by atoms with E-state index in [2.05, 4.69) is 0 Å². The fourth-order valence-corrected chi connectivity index (χ4v) is 1.55. The molecule has 4 heteroatoms. The molecule has 0 aromatic heterocycles. The van der Waals surface area contributed by atoms with Gasteiger partial charge in [0, 0.05) is 5.69 Å². The first-order valence-corrected chi connectivity index (χ1v) is 4.71. The van der Waals surface area contributed by atoms with Crippen molar-refractivity contribution in [2.75, 3.05) is 11.4 Å². The van der Waals surface area contributed by atoms with Gasteiger partial charge in [0.2, 0.25) is 0 Å². The molecule has 0 aliphatic carbocycles. The molecule has 1 aliphatic heterocycles. The molecular formula is C11H10N2O2. The van der Waals surface area contributed by atoms with Gasteiger partial charge < -0.3 is 4.74 Å². The number of amides is 1. The third kappa shape index (κ3) is 1.91. The van der Waals surface area contributed by atoms with Crippen LogP contribution in [0.1, 0.15) is 6.42 Å². The molecule has 1 atom stereocenters. The first-order chi connectivity index (χ1) is 7.31. The Balaban J connectivity index is 2.13. The van der Waals surface area contributed by atoms with Gasteiger partial charge >= 0.3 is 6.09 Å². The van der Waals surface area contributed by atoms with Crippen molar-refractivity contribution in [3.05, 3.63) is 30.3 Å². The number of hydrogen-bond acceptors (Lipinski definition) is 3. The van der Waals surface area contributed by atoms with Crippen molar-refractivity contribution in [2.45, 2.75) is 12.5 Å². The van der Waals surface area contributed by atoms with Crippen LogP contribution in [-0.2, 0) is 4.74 Å². The van der Waals surface area contributed by atoms with Crippen LogP contribution in [0.3, 0.4) is 0 Å². The second-order valence-corrected chi connectivity index (χ2v) is 3.31. The van der Waals surface area contributed by atoms with E-state index in [1.54, 1.807) is 4.90 Å². The Morgan fingerprint density at radius 3 is 2.87 bits per heavy atom. The van der Waals surface area contributed by atoms with E-state index in [0.29, 0.717) is 6.54 Å². The quantitative estimate of drug-likeness (QED) is 0.736. The van der Waals surface area contributed by atoms with E-state index in [1.807, 2.05) is 36.4 Å². The minimum Gasteiger partial charge on any atom is -0.443 e. The Labute approximate surface area is 87.7 Å². The fraction of sp³-hybridized carbons (Fsp3) is 0.273. The Morgan fingerprint density at radius 1 is 1.47 bits per heavy atom. The SMILES string of the molecule is N#CCC1CN(c2ccccc2)C(=O)O1. The normalized spacial score (nSPS) is 19.8. The van der Waals surface area contributed by atoms with E-state index in [9.17, 15) is 4.79 Å². The highest BCUT2D eigenvalue weighted by Gasteiger charge is 2.31. The van der Waals surface area contributed by atoms with Crippen molar-refractivity contribution in [3.8, 4) is 6.07 Å². The van der Waals surface area contributed by atoms with Gasteiger partial charge in [-0.1, -0.05) is 18.2 Å². The average Bonchev–Trinajstić information content (AvgIpc) is 2.61. The van der Waals surface area contributed by atoms with Crippen LogP contribution in [0.5, 0.6) is 0 Å². The van der Waals surface area contributed by atoms with Gasteiger partial charge in [-0.05, 0) is 12.1 Å². The van der Waals surface area contributed by atoms with Crippen LogP contribution in [0, 0.1) is 11.3 Å². The van der Waals surface area contributed by atoms with Crippen molar-refractivity contribution in [1.82, 2.24) is 0 Å². The molecule has 0 radical (unpaired) electrons. The van der Waals surface area contributed by atoms with Crippen LogP contribution in [0.15, 0.2) is 30.3 Å². The Morgan fingerprint density at radius 2 is 2.20 bits per heavy atom. The Hall–Kier alpha value is -2.02. The molecule has 0 bridgehead atoms. The fourth-order valence-electron chi connectivity index (χ4n) is 1.55. The lowest BCUT2D eigenvalue weighted by Crippen LogP contribution is -2.24. The number of hydrogen-bond donors (Lipinski definition) is 0. The van der Waals surface area contributed by atoms with Gasteiger partial charge in [-0.2, -0.15) is 5.26 Å². The van der Waals surface area contributed by atoms with E-state index < -0.39 is 0 Å². The van der Waals surface area contributed by atoms with Crippen LogP contribution in [0.4, 0.5) is 10.5 Å². The number of para-hydroxylation sites is 1. The lowest BCUT2D eigenvalue weighted by Gasteiger charge is -2.11. The van der Waals surface area contributed by atoms with E-state index in [-0.39, 0.29) is 18.6 Å². The van der Waals surface area contributed by atoms with Crippen molar-refractivity contribution < 1.29 is 9.53 Å². The zero-order valence-electron chi connectivity index (χ0n) is 8.09. The summed E-state index contributed by atoms with van der Waals surface area (Å²) in [5.74, 6) is 0. The molecule has 4 nitrogen and oxygen atoms in total. The summed E-state index contributed by atoms with van der Waals surface area (Å²) in [6.45, 7) is 0.455. The van der Waals surface area contributed by atoms with Gasteiger partial charge in [0.25, 0.3) is 0 Å². The smallest absolute Gasteiger partial charge is 0.414 e. The summed E-state index contributed by atoms with van der Waals surface area (Å²) >= 11 is 0. The van der Waals surface area contributed by atoms with Crippen LogP contribution in [0.2, 0.25) is 0 Å². The molecule has 0 spiro atoms. The van der Waals surface area contributed by atoms with E-state index in [1.165, 1.54) is 0 Å². The van der Waals surface area contributed by atoms with Crippen molar-refractivity contribution in [2.24, 2.45) is 0 Å². The molecule has 1 saturated heterocycles. The lowest BCUT2D eigenvalue weighted by atomic mass is 10.2. The molecule has 1 heterocycles. The maximum atomic E-state index is 11.5. The minimum absolute atomic E-state index is 0.245. The molecule has 76 valence electrons. The van der Waals surface area contributed by atoms with Crippen LogP contribution < -0.4 is 4.90 Å². The van der Waals surface area contributed by atoms with Crippen LogP contribution >= 0.6 is 0 Å². The van der Waals surface area contributed by atoms with Crippen molar-refractivity contribution in [1.29, 1.82) is 5.26 Å². The second-order valence-electron chi connectivity index (χ2n) is 3.31. The first-order valence-electron chi connectivity index (χ1n) is 4.71. The highest BCUT2D eigenvalue weighted by molar-refractivity contribution is 5.89. The summed E-state index contributed by atoms with van der Waals surface area (Å²) in [4.78, 5) is 13.0. The summed E-state index contributed by atoms with van der Waals surface area (Å²) in [5, 5.41) is 8.51. The van der Waals surface area contributed by atoms with Gasteiger partial charge in [0.15, 0.2) is 0 Å². The number of cyclic esters (lactones) is 1. The van der Waals surface area contributed by atoms with Gasteiger partial charge in [-0.15, -0.1) is 0 Å². The zero-order valence-corrected chi connectivity index (χ0v) is 8.09. The largest absolute Gasteiger partial charge is 0.443 e. The summed E-state index contributed by atoms with van der Waals surface area (Å²) in [6.07, 6.45) is -0.432. The van der Waals surface area contributed by atoms with Gasteiger partial charge in [-0.25, -0.2) is 4.79 Å². The first kappa shape index (κ1) is 9.53. The van der Waals surface area contributed by atoms with E-state index in [0.717, 1.165) is 5.69 Å². The molecule has 0 N–H and O–H groups in total. The van der Waals surface area contributed by atoms with Crippen molar-refractivity contribution in [3.63, 3.8) is 0 Å². The van der Waals surface area contributed by atoms with E-state index >= 15 is 0 Å². The predicted molar refractivity (Wildman–Crippen MR) is 54.3 cm³/mol. The van der Waals surface area contributed by atoms with Gasteiger partial charge in [0.1, 0.15) is 6.10 Å². The molecule has 1 amide bonds. The molecule has 1 aromatic rings. The summed E-state index contributed by atoms with van der Waals surface area (Å²) in [7, 11) is 0. The summed E-state index contributed by atoms with van der Waals surface area (Å²) in [5.41, 5.74) is 0.808. The van der Waals surface area contributed by atoms with Crippen LogP contribution in [-0.4, -0.2) is 18.7 Å². The Bertz CT molecular complexity index is 397. The standard InChI is InChI=1S/C11H10N2O2/c12-7-6-10-8-13(11(14)15-10)9-4-2-1-3-5-9/h1-5,10H,6,8H2. The lowest BCUT2D eigenvalue weighted by molar-refractivity contribution is 0.143. The maximum absolute atomic E-state index is 11.5. The highest BCUT2D eigenvalue weighted by Crippen LogP contribution is 2.21. The van der Waals surface area contributed by atoms with Crippen LogP contribution in [0.25, 0.3) is 0 Å². The molecule has 1 aliphatic rings. The van der Waals surface area contributed by atoms with Gasteiger partial charge in [-0.3, -0.25) is 4.90 Å². The third-order valence-corrected chi connectivity index (χ3v) is 2.26. The number of carbonyl (C=O) groups excluding carboxylic acids is 1. The monoisotopic (exact) mass is 202 g/mol. The third-order valence-electron chi connectivity index (χ3n) is 2.26. The van der Waals surface area contributed by atoms with Crippen molar-refractivity contribution >= 4 is 11.8 Å². The number of carbonyl (C=O) groups is 1. The zero-order chi connectivity index (χ0) is 10.7. The second kappa shape index (κ2) is 4.01. The number of ether oxygens (including phenoxy) is 1. The molecule has 1 fully saturated rings. The average molecular weight is 202 g/mol. The Kier molecular flexibility index (Phi) is 2.55. The highest BCUT2D eigenvalue weighted by atomic mass is 16.6. The summed E-state index contributed by atoms with van der Waals surface area (Å²) in [6, 6.07) is 11.3. The minimum atomic E-state index is -0.374. The molecule has 1 unspecified atom stereocenters. The molecule has 15 heavy (non-hydrogen) atoms. The maximum Gasteiger partial charge on any atom is 0.414 e. The number of nitrogens with zero attached hydrogens (tertiary/aromatic N) is 2. The topological polar surface area (TPSA) is 53.3 Å².